The number of aromatic nitrogens is 2. The van der Waals surface area contributed by atoms with E-state index in [4.69, 9.17) is 4.99 Å². The van der Waals surface area contributed by atoms with Crippen LogP contribution in [0.3, 0.4) is 0 Å². The van der Waals surface area contributed by atoms with Gasteiger partial charge in [-0.3, -0.25) is 4.68 Å². The van der Waals surface area contributed by atoms with Gasteiger partial charge < -0.3 is 15.1 Å². The minimum Gasteiger partial charge on any atom is -0.368 e. The van der Waals surface area contributed by atoms with Crippen molar-refractivity contribution < 1.29 is 0 Å². The Bertz CT molecular complexity index is 1050. The molecule has 1 aromatic heterocycles. The van der Waals surface area contributed by atoms with Crippen LogP contribution in [0, 0.1) is 6.92 Å². The molecule has 1 atom stereocenters. The molecule has 3 aliphatic rings. The lowest BCUT2D eigenvalue weighted by Gasteiger charge is -2.37. The monoisotopic (exact) mass is 374 g/mol. The van der Waals surface area contributed by atoms with E-state index in [0.29, 0.717) is 6.04 Å². The maximum absolute atomic E-state index is 4.94. The van der Waals surface area contributed by atoms with Gasteiger partial charge in [0.15, 0.2) is 0 Å². The van der Waals surface area contributed by atoms with E-state index in [1.54, 1.807) is 0 Å². The number of rotatable bonds is 2. The second kappa shape index (κ2) is 6.63. The average molecular weight is 374 g/mol. The van der Waals surface area contributed by atoms with E-state index in [0.717, 1.165) is 54.2 Å². The van der Waals surface area contributed by atoms with Gasteiger partial charge in [0, 0.05) is 62.6 Å². The summed E-state index contributed by atoms with van der Waals surface area (Å²) in [5, 5.41) is 9.21. The summed E-state index contributed by atoms with van der Waals surface area (Å²) in [6.07, 6.45) is 10.9. The number of nitrogens with one attached hydrogen (secondary N) is 1. The Morgan fingerprint density at radius 2 is 2.11 bits per heavy atom. The third-order valence-corrected chi connectivity index (χ3v) is 5.65. The summed E-state index contributed by atoms with van der Waals surface area (Å²) in [6.45, 7) is 8.32. The molecular formula is C22H26N6. The summed E-state index contributed by atoms with van der Waals surface area (Å²) < 4.78 is 1.87. The van der Waals surface area contributed by atoms with Crippen LogP contribution in [0.1, 0.15) is 18.1 Å². The van der Waals surface area contributed by atoms with Gasteiger partial charge in [0.2, 0.25) is 0 Å². The maximum atomic E-state index is 4.94. The van der Waals surface area contributed by atoms with Crippen LogP contribution in [0.4, 0.5) is 0 Å². The number of hydrogen-bond donors (Lipinski definition) is 1. The smallest absolute Gasteiger partial charge is 0.133 e. The lowest BCUT2D eigenvalue weighted by Crippen LogP contribution is -2.49. The molecule has 28 heavy (non-hydrogen) atoms. The van der Waals surface area contributed by atoms with Gasteiger partial charge in [0.1, 0.15) is 5.84 Å². The Labute approximate surface area is 165 Å². The van der Waals surface area contributed by atoms with Crippen molar-refractivity contribution >= 4 is 22.4 Å². The van der Waals surface area contributed by atoms with Gasteiger partial charge in [0.25, 0.3) is 0 Å². The summed E-state index contributed by atoms with van der Waals surface area (Å²) in [5.74, 6) is 1.01. The van der Waals surface area contributed by atoms with Crippen LogP contribution in [0.25, 0.3) is 16.6 Å². The summed E-state index contributed by atoms with van der Waals surface area (Å²) in [5.41, 5.74) is 5.72. The molecule has 0 amide bonds. The molecule has 1 saturated heterocycles. The Hall–Kier alpha value is -2.86. The Morgan fingerprint density at radius 1 is 1.21 bits per heavy atom. The highest BCUT2D eigenvalue weighted by Gasteiger charge is 2.22. The van der Waals surface area contributed by atoms with E-state index in [2.05, 4.69) is 76.8 Å². The highest BCUT2D eigenvalue weighted by atomic mass is 15.3. The van der Waals surface area contributed by atoms with Crippen molar-refractivity contribution in [2.45, 2.75) is 19.9 Å². The van der Waals surface area contributed by atoms with Crippen LogP contribution in [0.15, 0.2) is 53.4 Å². The molecular weight excluding hydrogens is 348 g/mol. The second-order valence-electron chi connectivity index (χ2n) is 7.93. The Balaban J connectivity index is 1.41. The molecule has 2 aromatic rings. The van der Waals surface area contributed by atoms with Crippen molar-refractivity contribution in [3.8, 4) is 0 Å². The highest BCUT2D eigenvalue weighted by molar-refractivity contribution is 6.00. The standard InChI is InChI=1S/C22H26N6/c1-15-10-17(11-18-13-26(3)25-22(15)18)20-6-8-28-14-19(4-5-21(28)24-20)27-9-7-23-16(2)12-27/h4-6,10-11,13-14,16,23H,7-9,12H2,1-3H3/t16-/m1/s1. The van der Waals surface area contributed by atoms with Crippen molar-refractivity contribution in [1.29, 1.82) is 0 Å². The normalized spacial score (nSPS) is 22.1. The van der Waals surface area contributed by atoms with Crippen LogP contribution < -0.4 is 5.32 Å². The zero-order chi connectivity index (χ0) is 19.3. The van der Waals surface area contributed by atoms with Crippen molar-refractivity contribution in [1.82, 2.24) is 24.9 Å². The van der Waals surface area contributed by atoms with E-state index in [1.807, 2.05) is 11.7 Å². The molecule has 4 heterocycles. The molecule has 144 valence electrons. The number of allylic oxidation sites excluding steroid dienone is 1. The number of benzene rings is 1. The van der Waals surface area contributed by atoms with E-state index >= 15 is 0 Å². The first-order chi connectivity index (χ1) is 13.6. The first-order valence-electron chi connectivity index (χ1n) is 9.95. The number of aryl methyl sites for hydroxylation is 2. The number of aliphatic imine (C=N–C) groups is 1. The Morgan fingerprint density at radius 3 is 2.96 bits per heavy atom. The fraction of sp³-hybridized carbons (Fsp3) is 0.364. The van der Waals surface area contributed by atoms with Crippen LogP contribution in [-0.2, 0) is 7.05 Å². The number of fused-ring (bicyclic) bond motifs is 2. The molecule has 6 heteroatoms. The average Bonchev–Trinajstić information content (AvgIpc) is 3.08. The summed E-state index contributed by atoms with van der Waals surface area (Å²) >= 11 is 0. The lowest BCUT2D eigenvalue weighted by molar-refractivity contribution is 0.258. The van der Waals surface area contributed by atoms with Crippen molar-refractivity contribution in [2.24, 2.45) is 12.0 Å². The van der Waals surface area contributed by atoms with Crippen LogP contribution >= 0.6 is 0 Å². The number of piperazine rings is 1. The fourth-order valence-corrected chi connectivity index (χ4v) is 4.24. The summed E-state index contributed by atoms with van der Waals surface area (Å²) in [4.78, 5) is 9.63. The SMILES string of the molecule is Cc1cc(C2=CCN3C=C(N4CCN[C@H](C)C4)C=CC3=N2)cc2cn(C)nc12. The molecule has 0 radical (unpaired) electrons. The van der Waals surface area contributed by atoms with Gasteiger partial charge in [-0.1, -0.05) is 0 Å². The van der Waals surface area contributed by atoms with Gasteiger partial charge in [-0.2, -0.15) is 5.10 Å². The molecule has 0 bridgehead atoms. The molecule has 0 saturated carbocycles. The van der Waals surface area contributed by atoms with Crippen molar-refractivity contribution in [2.75, 3.05) is 26.2 Å². The summed E-state index contributed by atoms with van der Waals surface area (Å²) in [7, 11) is 1.97. The van der Waals surface area contributed by atoms with E-state index in [9.17, 15) is 0 Å². The molecule has 6 nitrogen and oxygen atoms in total. The quantitative estimate of drug-likeness (QED) is 0.878. The van der Waals surface area contributed by atoms with Gasteiger partial charge in [-0.05, 0) is 49.8 Å². The largest absolute Gasteiger partial charge is 0.368 e. The van der Waals surface area contributed by atoms with E-state index < -0.39 is 0 Å². The van der Waals surface area contributed by atoms with Crippen LogP contribution in [0.2, 0.25) is 0 Å². The van der Waals surface area contributed by atoms with Gasteiger partial charge in [-0.25, -0.2) is 4.99 Å². The molecule has 3 aliphatic heterocycles. The predicted molar refractivity (Wildman–Crippen MR) is 114 cm³/mol. The topological polar surface area (TPSA) is 48.7 Å². The van der Waals surface area contributed by atoms with Crippen LogP contribution in [-0.4, -0.2) is 57.6 Å². The second-order valence-corrected chi connectivity index (χ2v) is 7.93. The maximum Gasteiger partial charge on any atom is 0.133 e. The minimum atomic E-state index is 0.525. The molecule has 0 aliphatic carbocycles. The van der Waals surface area contributed by atoms with E-state index in [-0.39, 0.29) is 0 Å². The lowest BCUT2D eigenvalue weighted by atomic mass is 10.0. The Kier molecular flexibility index (Phi) is 4.09. The fourth-order valence-electron chi connectivity index (χ4n) is 4.24. The van der Waals surface area contributed by atoms with Gasteiger partial charge in [-0.15, -0.1) is 0 Å². The molecule has 1 fully saturated rings. The number of amidine groups is 1. The number of hydrogen-bond acceptors (Lipinski definition) is 5. The molecule has 5 rings (SSSR count). The third-order valence-electron chi connectivity index (χ3n) is 5.65. The van der Waals surface area contributed by atoms with Crippen molar-refractivity contribution in [3.05, 3.63) is 59.6 Å². The van der Waals surface area contributed by atoms with E-state index in [1.165, 1.54) is 11.3 Å². The van der Waals surface area contributed by atoms with Crippen LogP contribution in [0.5, 0.6) is 0 Å². The zero-order valence-corrected chi connectivity index (χ0v) is 16.7. The van der Waals surface area contributed by atoms with Gasteiger partial charge >= 0.3 is 0 Å². The zero-order valence-electron chi connectivity index (χ0n) is 16.7. The third kappa shape index (κ3) is 3.03. The molecule has 0 spiro atoms. The molecule has 1 N–H and O–H groups in total. The molecule has 0 unspecified atom stereocenters. The summed E-state index contributed by atoms with van der Waals surface area (Å²) in [6, 6.07) is 4.91. The first-order valence-corrected chi connectivity index (χ1v) is 9.95. The van der Waals surface area contributed by atoms with Crippen molar-refractivity contribution in [3.63, 3.8) is 0 Å². The first kappa shape index (κ1) is 17.3. The number of nitrogens with zero attached hydrogens (tertiary/aromatic N) is 5. The minimum absolute atomic E-state index is 0.525. The molecule has 1 aromatic carbocycles. The highest BCUT2D eigenvalue weighted by Crippen LogP contribution is 2.28. The predicted octanol–water partition coefficient (Wildman–Crippen LogP) is 2.64. The van der Waals surface area contributed by atoms with Gasteiger partial charge in [0.05, 0.1) is 16.9 Å².